The van der Waals surface area contributed by atoms with Crippen LogP contribution in [0.25, 0.3) is 0 Å². The third-order valence-electron chi connectivity index (χ3n) is 7.04. The maximum absolute atomic E-state index is 13.1. The van der Waals surface area contributed by atoms with Crippen LogP contribution in [0.15, 0.2) is 79.0 Å². The molecule has 45 heavy (non-hydrogen) atoms. The van der Waals surface area contributed by atoms with Crippen molar-refractivity contribution in [3.8, 4) is 5.75 Å². The monoisotopic (exact) mass is 639 g/mol. The summed E-state index contributed by atoms with van der Waals surface area (Å²) in [5.41, 5.74) is -0.0670. The highest BCUT2D eigenvalue weighted by molar-refractivity contribution is 8.01. The van der Waals surface area contributed by atoms with Crippen molar-refractivity contribution in [3.63, 3.8) is 0 Å². The Hall–Kier alpha value is -3.72. The molecule has 1 aromatic carbocycles. The molecule has 0 spiro atoms. The Bertz CT molecular complexity index is 1170. The smallest absolute Gasteiger partial charge is 0.339 e. The molecule has 0 radical (unpaired) electrons. The molecule has 8 nitrogen and oxygen atoms in total. The van der Waals surface area contributed by atoms with Crippen LogP contribution >= 0.6 is 11.8 Å². The SMILES string of the molecule is CCC=CCC=CCC=CCC=CCC=CCCCCSC(CC)(CC)C(=O)NCCNC(=O)Nc1ccc(O)c(C(=O)O)c1. The lowest BCUT2D eigenvalue weighted by atomic mass is 10.0. The predicted molar refractivity (Wildman–Crippen MR) is 189 cm³/mol. The quantitative estimate of drug-likeness (QED) is 0.0464. The molecule has 5 N–H and O–H groups in total. The molecule has 0 bridgehead atoms. The number of hydrogen-bond donors (Lipinski definition) is 5. The highest BCUT2D eigenvalue weighted by Crippen LogP contribution is 2.33. The zero-order valence-corrected chi connectivity index (χ0v) is 28.0. The van der Waals surface area contributed by atoms with Gasteiger partial charge in [-0.3, -0.25) is 4.79 Å². The maximum Gasteiger partial charge on any atom is 0.339 e. The molecule has 248 valence electrons. The molecule has 0 aliphatic heterocycles. The van der Waals surface area contributed by atoms with Crippen molar-refractivity contribution in [2.45, 2.75) is 89.7 Å². The molecule has 0 aliphatic carbocycles. The number of rotatable bonds is 23. The highest BCUT2D eigenvalue weighted by atomic mass is 32.2. The molecule has 0 unspecified atom stereocenters. The minimum absolute atomic E-state index is 0.0258. The van der Waals surface area contributed by atoms with Gasteiger partial charge in [0, 0.05) is 18.8 Å². The highest BCUT2D eigenvalue weighted by Gasteiger charge is 2.34. The van der Waals surface area contributed by atoms with Crippen LogP contribution in [-0.2, 0) is 4.79 Å². The molecule has 1 rings (SSSR count). The second-order valence-electron chi connectivity index (χ2n) is 10.4. The minimum Gasteiger partial charge on any atom is -0.507 e. The van der Waals surface area contributed by atoms with E-state index in [1.165, 1.54) is 18.2 Å². The number of aromatic carboxylic acids is 1. The summed E-state index contributed by atoms with van der Waals surface area (Å²) in [6.07, 6.45) is 31.6. The molecule has 1 aromatic rings. The number of carboxylic acid groups (broad SMARTS) is 1. The number of urea groups is 1. The first kappa shape index (κ1) is 39.3. The van der Waals surface area contributed by atoms with Crippen molar-refractivity contribution in [1.29, 1.82) is 0 Å². The molecule has 0 saturated heterocycles. The lowest BCUT2D eigenvalue weighted by molar-refractivity contribution is -0.123. The van der Waals surface area contributed by atoms with Crippen molar-refractivity contribution in [2.24, 2.45) is 0 Å². The van der Waals surface area contributed by atoms with E-state index < -0.39 is 16.7 Å². The lowest BCUT2D eigenvalue weighted by Gasteiger charge is -2.29. The molecule has 0 aromatic heterocycles. The number of phenols is 1. The van der Waals surface area contributed by atoms with Gasteiger partial charge >= 0.3 is 12.0 Å². The molecule has 3 amide bonds. The Kier molecular flexibility index (Phi) is 21.5. The van der Waals surface area contributed by atoms with Crippen LogP contribution < -0.4 is 16.0 Å². The second kappa shape index (κ2) is 24.6. The topological polar surface area (TPSA) is 128 Å². The number of unbranched alkanes of at least 4 members (excludes halogenated alkanes) is 2. The van der Waals surface area contributed by atoms with Gasteiger partial charge in [0.1, 0.15) is 11.3 Å². The Morgan fingerprint density at radius 3 is 1.89 bits per heavy atom. The maximum atomic E-state index is 13.1. The number of amides is 3. The van der Waals surface area contributed by atoms with Gasteiger partial charge in [0.15, 0.2) is 0 Å². The van der Waals surface area contributed by atoms with Crippen LogP contribution in [0.5, 0.6) is 5.75 Å². The fourth-order valence-electron chi connectivity index (χ4n) is 4.31. The van der Waals surface area contributed by atoms with Gasteiger partial charge in [-0.15, -0.1) is 11.8 Å². The van der Waals surface area contributed by atoms with Crippen LogP contribution in [-0.4, -0.2) is 51.7 Å². The molecule has 0 fully saturated rings. The number of hydrogen-bond acceptors (Lipinski definition) is 5. The van der Waals surface area contributed by atoms with Crippen molar-refractivity contribution in [1.82, 2.24) is 10.6 Å². The van der Waals surface area contributed by atoms with Gasteiger partial charge in [0.05, 0.1) is 4.75 Å². The standard InChI is InChI=1S/C36H53N3O5S/c1-4-7-8-9-10-11-12-13-14-15-16-17-18-19-20-21-22-23-28-45-36(5-2,6-3)34(43)37-26-27-38-35(44)39-30-24-25-32(40)31(29-30)33(41)42/h7-8,10-11,13-14,16-17,19-20,24-25,29,40H,4-6,9,12,15,18,21-23,26-28H2,1-3H3,(H,37,43)(H,41,42)(H2,38,39,44). The summed E-state index contributed by atoms with van der Waals surface area (Å²) < 4.78 is -0.501. The summed E-state index contributed by atoms with van der Waals surface area (Å²) in [5.74, 6) is -0.791. The van der Waals surface area contributed by atoms with Crippen molar-refractivity contribution in [2.75, 3.05) is 24.2 Å². The Balaban J connectivity index is 2.24. The van der Waals surface area contributed by atoms with Crippen LogP contribution in [0.2, 0.25) is 0 Å². The van der Waals surface area contributed by atoms with E-state index in [1.807, 2.05) is 13.8 Å². The second-order valence-corrected chi connectivity index (χ2v) is 11.9. The van der Waals surface area contributed by atoms with Gasteiger partial charge < -0.3 is 26.2 Å². The van der Waals surface area contributed by atoms with E-state index in [0.29, 0.717) is 0 Å². The van der Waals surface area contributed by atoms with Crippen molar-refractivity contribution >= 4 is 35.4 Å². The average molecular weight is 640 g/mol. The Morgan fingerprint density at radius 2 is 1.33 bits per heavy atom. The number of carbonyl (C=O) groups excluding carboxylic acids is 2. The summed E-state index contributed by atoms with van der Waals surface area (Å²) in [4.78, 5) is 36.4. The van der Waals surface area contributed by atoms with Gasteiger partial charge in [-0.1, -0.05) is 81.5 Å². The number of carboxylic acids is 1. The molecule has 0 aliphatic rings. The molecular formula is C36H53N3O5S. The summed E-state index contributed by atoms with van der Waals surface area (Å²) in [5, 5.41) is 26.8. The zero-order chi connectivity index (χ0) is 33.2. The number of thioether (sulfide) groups is 1. The minimum atomic E-state index is -1.29. The van der Waals surface area contributed by atoms with Crippen LogP contribution in [0.3, 0.4) is 0 Å². The number of allylic oxidation sites excluding steroid dienone is 10. The number of nitrogens with one attached hydrogen (secondary N) is 3. The van der Waals surface area contributed by atoms with Gasteiger partial charge in [0.2, 0.25) is 5.91 Å². The van der Waals surface area contributed by atoms with Crippen molar-refractivity contribution in [3.05, 3.63) is 84.5 Å². The molecule has 9 heteroatoms. The predicted octanol–water partition coefficient (Wildman–Crippen LogP) is 8.54. The van der Waals surface area contributed by atoms with Gasteiger partial charge in [0.25, 0.3) is 0 Å². The summed E-state index contributed by atoms with van der Waals surface area (Å²) in [6.45, 7) is 6.69. The largest absolute Gasteiger partial charge is 0.507 e. The van der Waals surface area contributed by atoms with Gasteiger partial charge in [-0.25, -0.2) is 9.59 Å². The van der Waals surface area contributed by atoms with E-state index in [-0.39, 0.29) is 36.0 Å². The average Bonchev–Trinajstić information content (AvgIpc) is 3.03. The van der Waals surface area contributed by atoms with Crippen LogP contribution in [0, 0.1) is 0 Å². The number of aromatic hydroxyl groups is 1. The fraction of sp³-hybridized carbons (Fsp3) is 0.472. The third kappa shape index (κ3) is 17.4. The van der Waals surface area contributed by atoms with E-state index in [0.717, 1.165) is 70.0 Å². The molecular weight excluding hydrogens is 586 g/mol. The summed E-state index contributed by atoms with van der Waals surface area (Å²) in [6, 6.07) is 3.25. The summed E-state index contributed by atoms with van der Waals surface area (Å²) in [7, 11) is 0. The first-order valence-electron chi connectivity index (χ1n) is 16.1. The molecule has 0 atom stereocenters. The fourth-order valence-corrected chi connectivity index (χ4v) is 5.67. The van der Waals surface area contributed by atoms with Crippen molar-refractivity contribution < 1.29 is 24.6 Å². The molecule has 0 heterocycles. The van der Waals surface area contributed by atoms with E-state index in [1.54, 1.807) is 11.8 Å². The van der Waals surface area contributed by atoms with E-state index in [2.05, 4.69) is 83.6 Å². The Labute approximate surface area is 274 Å². The van der Waals surface area contributed by atoms with Crippen LogP contribution in [0.4, 0.5) is 10.5 Å². The van der Waals surface area contributed by atoms with Gasteiger partial charge in [-0.2, -0.15) is 0 Å². The first-order valence-corrected chi connectivity index (χ1v) is 17.1. The van der Waals surface area contributed by atoms with E-state index in [9.17, 15) is 19.5 Å². The number of benzene rings is 1. The lowest BCUT2D eigenvalue weighted by Crippen LogP contribution is -2.46. The normalized spacial score (nSPS) is 12.2. The number of anilines is 1. The first-order chi connectivity index (χ1) is 21.8. The number of carbonyl (C=O) groups is 3. The van der Waals surface area contributed by atoms with Gasteiger partial charge in [-0.05, 0) is 88.2 Å². The van der Waals surface area contributed by atoms with E-state index >= 15 is 0 Å². The Morgan fingerprint density at radius 1 is 0.778 bits per heavy atom. The molecule has 0 saturated carbocycles. The summed E-state index contributed by atoms with van der Waals surface area (Å²) >= 11 is 1.71. The zero-order valence-electron chi connectivity index (χ0n) is 27.2. The third-order valence-corrected chi connectivity index (χ3v) is 8.85. The van der Waals surface area contributed by atoms with Crippen LogP contribution in [0.1, 0.15) is 95.3 Å². The van der Waals surface area contributed by atoms with E-state index in [4.69, 9.17) is 5.11 Å².